The van der Waals surface area contributed by atoms with Crippen LogP contribution in [0.3, 0.4) is 0 Å². The molecule has 1 saturated carbocycles. The van der Waals surface area contributed by atoms with Gasteiger partial charge < -0.3 is 0 Å². The van der Waals surface area contributed by atoms with E-state index in [1.54, 1.807) is 0 Å². The van der Waals surface area contributed by atoms with Crippen LogP contribution >= 0.6 is 0 Å². The molecule has 6 heteroatoms. The van der Waals surface area contributed by atoms with Gasteiger partial charge in [-0.1, -0.05) is 0 Å². The zero-order chi connectivity index (χ0) is 14.2. The van der Waals surface area contributed by atoms with Crippen LogP contribution in [-0.2, 0) is 13.6 Å². The number of hydrogen-bond donors (Lipinski definition) is 0. The Morgan fingerprint density at radius 3 is 2.58 bits per heavy atom. The number of nitriles is 1. The van der Waals surface area contributed by atoms with Crippen molar-refractivity contribution in [2.24, 2.45) is 12.5 Å². The molecule has 1 aromatic heterocycles. The number of carbonyl (C=O) groups excluding carboxylic acids is 1. The fourth-order valence-corrected chi connectivity index (χ4v) is 2.18. The lowest BCUT2D eigenvalue weighted by Gasteiger charge is -2.14. The summed E-state index contributed by atoms with van der Waals surface area (Å²) in [6.45, 7) is 1.68. The van der Waals surface area contributed by atoms with Crippen molar-refractivity contribution in [3.8, 4) is 6.07 Å². The normalized spacial score (nSPS) is 15.8. The molecular weight excluding hydrogens is 246 g/mol. The summed E-state index contributed by atoms with van der Waals surface area (Å²) < 4.78 is 2.32. The smallest absolute Gasteiger partial charge is 0.299 e. The third-order valence-electron chi connectivity index (χ3n) is 3.65. The standard InChI is InChI=1S/C13H15N3O3/c1-9(17)10-7-16(12(19)15(2)11(10)18)8-13(3-4-13)5-6-14/h7H,3-5,8H2,1-2H3. The van der Waals surface area contributed by atoms with E-state index in [4.69, 9.17) is 5.26 Å². The summed E-state index contributed by atoms with van der Waals surface area (Å²) in [6, 6.07) is 2.12. The number of ketones is 1. The number of hydrogen-bond acceptors (Lipinski definition) is 4. The third kappa shape index (κ3) is 2.36. The third-order valence-corrected chi connectivity index (χ3v) is 3.65. The first-order valence-corrected chi connectivity index (χ1v) is 6.08. The lowest BCUT2D eigenvalue weighted by molar-refractivity contribution is 0.101. The Hall–Kier alpha value is -2.16. The van der Waals surface area contributed by atoms with Gasteiger partial charge in [-0.15, -0.1) is 0 Å². The minimum absolute atomic E-state index is 0.00913. The Labute approximate surface area is 109 Å². The molecule has 0 radical (unpaired) electrons. The largest absolute Gasteiger partial charge is 0.330 e. The molecule has 1 heterocycles. The second-order valence-electron chi connectivity index (χ2n) is 5.21. The maximum absolute atomic E-state index is 12.0. The molecule has 19 heavy (non-hydrogen) atoms. The van der Waals surface area contributed by atoms with Crippen molar-refractivity contribution in [3.05, 3.63) is 32.6 Å². The Balaban J connectivity index is 2.48. The SMILES string of the molecule is CC(=O)c1cn(CC2(CC#N)CC2)c(=O)n(C)c1=O. The summed E-state index contributed by atoms with van der Waals surface area (Å²) >= 11 is 0. The fourth-order valence-electron chi connectivity index (χ4n) is 2.18. The van der Waals surface area contributed by atoms with Gasteiger partial charge in [0.1, 0.15) is 0 Å². The predicted molar refractivity (Wildman–Crippen MR) is 67.8 cm³/mol. The van der Waals surface area contributed by atoms with Crippen LogP contribution in [-0.4, -0.2) is 14.9 Å². The van der Waals surface area contributed by atoms with E-state index in [1.165, 1.54) is 24.7 Å². The number of nitrogens with zero attached hydrogens (tertiary/aromatic N) is 3. The molecule has 1 fully saturated rings. The van der Waals surface area contributed by atoms with Crippen LogP contribution in [0.25, 0.3) is 0 Å². The number of Topliss-reactive ketones (excluding diaryl/α,β-unsaturated/α-hetero) is 1. The van der Waals surface area contributed by atoms with Gasteiger partial charge in [0.05, 0.1) is 11.6 Å². The Morgan fingerprint density at radius 1 is 1.47 bits per heavy atom. The van der Waals surface area contributed by atoms with Gasteiger partial charge in [-0.3, -0.25) is 18.7 Å². The molecule has 0 spiro atoms. The predicted octanol–water partition coefficient (Wildman–Crippen LogP) is 0.443. The molecule has 1 aliphatic rings. The van der Waals surface area contributed by atoms with Crippen molar-refractivity contribution in [1.29, 1.82) is 5.26 Å². The molecule has 0 bridgehead atoms. The quantitative estimate of drug-likeness (QED) is 0.736. The average molecular weight is 261 g/mol. The topological polar surface area (TPSA) is 84.9 Å². The van der Waals surface area contributed by atoms with Gasteiger partial charge in [0, 0.05) is 31.6 Å². The van der Waals surface area contributed by atoms with E-state index in [0.29, 0.717) is 13.0 Å². The van der Waals surface area contributed by atoms with Crippen molar-refractivity contribution in [2.75, 3.05) is 0 Å². The van der Waals surface area contributed by atoms with Gasteiger partial charge in [-0.25, -0.2) is 4.79 Å². The summed E-state index contributed by atoms with van der Waals surface area (Å²) in [5, 5.41) is 8.78. The molecule has 0 atom stereocenters. The van der Waals surface area contributed by atoms with Gasteiger partial charge in [-0.05, 0) is 19.8 Å². The van der Waals surface area contributed by atoms with E-state index >= 15 is 0 Å². The highest BCUT2D eigenvalue weighted by molar-refractivity contribution is 5.93. The van der Waals surface area contributed by atoms with E-state index < -0.39 is 11.2 Å². The highest BCUT2D eigenvalue weighted by Crippen LogP contribution is 2.49. The van der Waals surface area contributed by atoms with Gasteiger partial charge in [-0.2, -0.15) is 5.26 Å². The van der Waals surface area contributed by atoms with E-state index in [9.17, 15) is 14.4 Å². The highest BCUT2D eigenvalue weighted by Gasteiger charge is 2.43. The van der Waals surface area contributed by atoms with Crippen molar-refractivity contribution in [3.63, 3.8) is 0 Å². The molecule has 1 aliphatic carbocycles. The summed E-state index contributed by atoms with van der Waals surface area (Å²) in [7, 11) is 1.36. The van der Waals surface area contributed by atoms with Crippen molar-refractivity contribution in [2.45, 2.75) is 32.7 Å². The minimum atomic E-state index is -0.570. The Kier molecular flexibility index (Phi) is 3.14. The summed E-state index contributed by atoms with van der Waals surface area (Å²) in [5.41, 5.74) is -1.17. The lowest BCUT2D eigenvalue weighted by atomic mass is 10.0. The Morgan fingerprint density at radius 2 is 2.11 bits per heavy atom. The molecule has 6 nitrogen and oxygen atoms in total. The first-order chi connectivity index (χ1) is 8.90. The maximum Gasteiger partial charge on any atom is 0.330 e. The molecule has 0 saturated heterocycles. The van der Waals surface area contributed by atoms with Crippen LogP contribution in [0, 0.1) is 16.7 Å². The van der Waals surface area contributed by atoms with Gasteiger partial charge in [0.2, 0.25) is 0 Å². The zero-order valence-corrected chi connectivity index (χ0v) is 11.0. The van der Waals surface area contributed by atoms with Crippen LogP contribution < -0.4 is 11.2 Å². The van der Waals surface area contributed by atoms with Crippen LogP contribution in [0.1, 0.15) is 36.5 Å². The maximum atomic E-state index is 12.0. The molecule has 2 rings (SSSR count). The van der Waals surface area contributed by atoms with Crippen LogP contribution in [0.15, 0.2) is 15.8 Å². The average Bonchev–Trinajstić information content (AvgIpc) is 3.10. The minimum Gasteiger partial charge on any atom is -0.299 e. The second kappa shape index (κ2) is 4.50. The van der Waals surface area contributed by atoms with E-state index in [1.807, 2.05) is 0 Å². The van der Waals surface area contributed by atoms with E-state index in [0.717, 1.165) is 17.4 Å². The zero-order valence-electron chi connectivity index (χ0n) is 11.0. The van der Waals surface area contributed by atoms with E-state index in [-0.39, 0.29) is 16.8 Å². The molecular formula is C13H15N3O3. The second-order valence-corrected chi connectivity index (χ2v) is 5.21. The van der Waals surface area contributed by atoms with Gasteiger partial charge in [0.25, 0.3) is 5.56 Å². The summed E-state index contributed by atoms with van der Waals surface area (Å²) in [5.74, 6) is -0.362. The number of carbonyl (C=O) groups is 1. The molecule has 1 aromatic rings. The monoisotopic (exact) mass is 261 g/mol. The number of rotatable bonds is 4. The molecule has 0 amide bonds. The van der Waals surface area contributed by atoms with Crippen LogP contribution in [0.5, 0.6) is 0 Å². The first kappa shape index (κ1) is 13.3. The van der Waals surface area contributed by atoms with Crippen LogP contribution in [0.4, 0.5) is 0 Å². The molecule has 0 aromatic carbocycles. The fraction of sp³-hybridized carbons (Fsp3) is 0.538. The van der Waals surface area contributed by atoms with Gasteiger partial charge >= 0.3 is 5.69 Å². The molecule has 0 aliphatic heterocycles. The van der Waals surface area contributed by atoms with Gasteiger partial charge in [0.15, 0.2) is 5.78 Å². The van der Waals surface area contributed by atoms with Crippen molar-refractivity contribution < 1.29 is 4.79 Å². The molecule has 0 N–H and O–H groups in total. The van der Waals surface area contributed by atoms with Crippen molar-refractivity contribution in [1.82, 2.24) is 9.13 Å². The molecule has 0 unspecified atom stereocenters. The van der Waals surface area contributed by atoms with Crippen LogP contribution in [0.2, 0.25) is 0 Å². The Bertz CT molecular complexity index is 687. The number of aromatic nitrogens is 2. The highest BCUT2D eigenvalue weighted by atomic mass is 16.2. The summed E-state index contributed by atoms with van der Waals surface area (Å²) in [4.78, 5) is 35.2. The summed E-state index contributed by atoms with van der Waals surface area (Å²) in [6.07, 6.45) is 3.50. The van der Waals surface area contributed by atoms with Crippen molar-refractivity contribution >= 4 is 5.78 Å². The molecule has 100 valence electrons. The van der Waals surface area contributed by atoms with E-state index in [2.05, 4.69) is 6.07 Å². The first-order valence-electron chi connectivity index (χ1n) is 6.08. The lowest BCUT2D eigenvalue weighted by Crippen LogP contribution is -2.41.